The Labute approximate surface area is 187 Å². The fourth-order valence-corrected chi connectivity index (χ4v) is 5.10. The molecule has 2 aliphatic rings. The van der Waals surface area contributed by atoms with E-state index in [9.17, 15) is 13.2 Å². The molecule has 31 heavy (non-hydrogen) atoms. The van der Waals surface area contributed by atoms with Gasteiger partial charge >= 0.3 is 6.03 Å². The first-order valence-electron chi connectivity index (χ1n) is 11.3. The molecule has 0 bridgehead atoms. The second-order valence-electron chi connectivity index (χ2n) is 10.0. The average Bonchev–Trinajstić information content (AvgIpc) is 3.01. The number of hydrogen-bond donors (Lipinski definition) is 2. The van der Waals surface area contributed by atoms with Crippen molar-refractivity contribution >= 4 is 21.7 Å². The zero-order chi connectivity index (χ0) is 22.8. The van der Waals surface area contributed by atoms with Gasteiger partial charge in [0.15, 0.2) is 0 Å². The molecule has 1 aromatic carbocycles. The van der Waals surface area contributed by atoms with Gasteiger partial charge < -0.3 is 15.0 Å². The second-order valence-corrected chi connectivity index (χ2v) is 12.5. The van der Waals surface area contributed by atoms with Crippen LogP contribution in [0.1, 0.15) is 60.3 Å². The predicted octanol–water partition coefficient (Wildman–Crippen LogP) is 4.21. The lowest BCUT2D eigenvalue weighted by atomic mass is 9.99. The molecule has 1 aromatic rings. The van der Waals surface area contributed by atoms with Gasteiger partial charge in [-0.15, -0.1) is 0 Å². The van der Waals surface area contributed by atoms with E-state index in [1.807, 2.05) is 24.3 Å². The summed E-state index contributed by atoms with van der Waals surface area (Å²) in [5, 5.41) is 2.93. The van der Waals surface area contributed by atoms with Crippen molar-refractivity contribution in [1.29, 1.82) is 0 Å². The Kier molecular flexibility index (Phi) is 7.21. The number of nitrogens with one attached hydrogen (secondary N) is 2. The fraction of sp³-hybridized carbons (Fsp3) is 0.696. The van der Waals surface area contributed by atoms with Crippen LogP contribution in [0, 0.1) is 11.8 Å². The molecule has 1 saturated heterocycles. The van der Waals surface area contributed by atoms with Gasteiger partial charge in [0.1, 0.15) is 11.9 Å². The lowest BCUT2D eigenvalue weighted by Gasteiger charge is -2.33. The van der Waals surface area contributed by atoms with E-state index in [1.165, 1.54) is 6.42 Å². The quantitative estimate of drug-likeness (QED) is 0.702. The van der Waals surface area contributed by atoms with Gasteiger partial charge in [0, 0.05) is 24.8 Å². The zero-order valence-corrected chi connectivity index (χ0v) is 20.2. The molecular weight excluding hydrogens is 414 g/mol. The monoisotopic (exact) mass is 451 g/mol. The van der Waals surface area contributed by atoms with Crippen molar-refractivity contribution in [2.75, 3.05) is 18.4 Å². The lowest BCUT2D eigenvalue weighted by Crippen LogP contribution is -2.50. The number of carbonyl (C=O) groups is 1. The molecule has 2 amide bonds. The van der Waals surface area contributed by atoms with Crippen LogP contribution in [-0.4, -0.2) is 49.3 Å². The van der Waals surface area contributed by atoms with Crippen molar-refractivity contribution in [1.82, 2.24) is 9.62 Å². The first-order chi connectivity index (χ1) is 14.5. The fourth-order valence-electron chi connectivity index (χ4n) is 4.08. The minimum Gasteiger partial charge on any atom is -0.490 e. The van der Waals surface area contributed by atoms with Gasteiger partial charge in [-0.2, -0.15) is 0 Å². The maximum absolute atomic E-state index is 12.6. The predicted molar refractivity (Wildman–Crippen MR) is 124 cm³/mol. The summed E-state index contributed by atoms with van der Waals surface area (Å²) in [6.07, 6.45) is 3.75. The Balaban J connectivity index is 1.47. The second kappa shape index (κ2) is 9.36. The molecule has 1 heterocycles. The van der Waals surface area contributed by atoms with Crippen LogP contribution in [0.3, 0.4) is 0 Å². The van der Waals surface area contributed by atoms with Crippen LogP contribution in [0.15, 0.2) is 24.3 Å². The number of sulfonamides is 1. The highest BCUT2D eigenvalue weighted by atomic mass is 32.2. The number of benzene rings is 1. The Morgan fingerprint density at radius 1 is 1.03 bits per heavy atom. The van der Waals surface area contributed by atoms with E-state index in [1.54, 1.807) is 25.7 Å². The highest BCUT2D eigenvalue weighted by Gasteiger charge is 2.33. The number of anilines is 1. The molecule has 0 radical (unpaired) electrons. The maximum atomic E-state index is 12.6. The van der Waals surface area contributed by atoms with Crippen LogP contribution < -0.4 is 14.8 Å². The first-order valence-corrected chi connectivity index (χ1v) is 12.8. The molecule has 3 rings (SSSR count). The number of hydrogen-bond acceptors (Lipinski definition) is 4. The number of likely N-dealkylation sites (tertiary alicyclic amines) is 1. The Morgan fingerprint density at radius 2 is 1.65 bits per heavy atom. The largest absolute Gasteiger partial charge is 0.490 e. The molecule has 3 unspecified atom stereocenters. The molecule has 7 nitrogen and oxygen atoms in total. The van der Waals surface area contributed by atoms with Crippen LogP contribution in [0.4, 0.5) is 10.5 Å². The third-order valence-electron chi connectivity index (χ3n) is 6.69. The lowest BCUT2D eigenvalue weighted by molar-refractivity contribution is 0.155. The molecule has 0 aromatic heterocycles. The minimum absolute atomic E-state index is 0.134. The Bertz CT molecular complexity index is 856. The van der Waals surface area contributed by atoms with Crippen molar-refractivity contribution in [2.24, 2.45) is 11.8 Å². The normalized spacial score (nSPS) is 25.5. The average molecular weight is 452 g/mol. The van der Waals surface area contributed by atoms with E-state index in [0.717, 1.165) is 17.9 Å². The van der Waals surface area contributed by atoms with Crippen molar-refractivity contribution in [2.45, 2.75) is 77.2 Å². The number of carbonyl (C=O) groups excluding carboxylic acids is 1. The summed E-state index contributed by atoms with van der Waals surface area (Å²) < 4.78 is 32.7. The van der Waals surface area contributed by atoms with Gasteiger partial charge in [0.25, 0.3) is 0 Å². The van der Waals surface area contributed by atoms with Gasteiger partial charge in [-0.25, -0.2) is 17.9 Å². The first kappa shape index (κ1) is 23.9. The third kappa shape index (κ3) is 5.92. The molecule has 1 aliphatic heterocycles. The number of amides is 2. The Morgan fingerprint density at radius 3 is 2.16 bits per heavy atom. The zero-order valence-electron chi connectivity index (χ0n) is 19.3. The summed E-state index contributed by atoms with van der Waals surface area (Å²) in [5.74, 6) is 2.07. The summed E-state index contributed by atoms with van der Waals surface area (Å²) in [7, 11) is -3.38. The Hall–Kier alpha value is -1.80. The third-order valence-corrected chi connectivity index (χ3v) is 8.95. The van der Waals surface area contributed by atoms with Crippen LogP contribution in [0.5, 0.6) is 5.75 Å². The van der Waals surface area contributed by atoms with Crippen LogP contribution >= 0.6 is 0 Å². The van der Waals surface area contributed by atoms with E-state index in [2.05, 4.69) is 23.9 Å². The maximum Gasteiger partial charge on any atom is 0.321 e. The molecular formula is C23H37N3O4S. The van der Waals surface area contributed by atoms with E-state index >= 15 is 0 Å². The summed E-state index contributed by atoms with van der Waals surface area (Å²) in [6, 6.07) is 7.23. The van der Waals surface area contributed by atoms with Gasteiger partial charge in [-0.05, 0) is 82.6 Å². The highest BCUT2D eigenvalue weighted by Crippen LogP contribution is 2.34. The summed E-state index contributed by atoms with van der Waals surface area (Å²) in [6.45, 7) is 10.6. The summed E-state index contributed by atoms with van der Waals surface area (Å²) >= 11 is 0. The van der Waals surface area contributed by atoms with Gasteiger partial charge in [0.05, 0.1) is 4.75 Å². The SMILES string of the molecule is CC1CCC(Oc2ccc(NC(=O)N3CCC(NS(=O)(=O)C(C)(C)C)CC3)cc2)C1C. The molecule has 174 valence electrons. The molecule has 3 atom stereocenters. The molecule has 8 heteroatoms. The molecule has 0 spiro atoms. The number of ether oxygens (including phenoxy) is 1. The number of piperidine rings is 1. The van der Waals surface area contributed by atoms with Crippen molar-refractivity contribution in [3.63, 3.8) is 0 Å². The van der Waals surface area contributed by atoms with E-state index in [-0.39, 0.29) is 18.2 Å². The molecule has 1 saturated carbocycles. The van der Waals surface area contributed by atoms with Crippen LogP contribution in [0.25, 0.3) is 0 Å². The number of urea groups is 1. The summed E-state index contributed by atoms with van der Waals surface area (Å²) in [4.78, 5) is 14.3. The van der Waals surface area contributed by atoms with E-state index < -0.39 is 14.8 Å². The topological polar surface area (TPSA) is 87.7 Å². The molecule has 2 N–H and O–H groups in total. The van der Waals surface area contributed by atoms with Crippen LogP contribution in [-0.2, 0) is 10.0 Å². The molecule has 2 fully saturated rings. The smallest absolute Gasteiger partial charge is 0.321 e. The van der Waals surface area contributed by atoms with E-state index in [4.69, 9.17) is 4.74 Å². The molecule has 1 aliphatic carbocycles. The van der Waals surface area contributed by atoms with Gasteiger partial charge in [-0.1, -0.05) is 13.8 Å². The highest BCUT2D eigenvalue weighted by molar-refractivity contribution is 7.90. The van der Waals surface area contributed by atoms with Crippen molar-refractivity contribution in [3.05, 3.63) is 24.3 Å². The summed E-state index contributed by atoms with van der Waals surface area (Å²) in [5.41, 5.74) is 0.723. The van der Waals surface area contributed by atoms with E-state index in [0.29, 0.717) is 37.8 Å². The van der Waals surface area contributed by atoms with Crippen LogP contribution in [0.2, 0.25) is 0 Å². The standard InChI is InChI=1S/C23H37N3O4S/c1-16-6-11-21(17(16)2)30-20-9-7-18(8-10-20)24-22(27)26-14-12-19(13-15-26)25-31(28,29)23(3,4)5/h7-10,16-17,19,21,25H,6,11-15H2,1-5H3,(H,24,27). The van der Waals surface area contributed by atoms with Crippen molar-refractivity contribution in [3.8, 4) is 5.75 Å². The number of rotatable bonds is 5. The van der Waals surface area contributed by atoms with Gasteiger partial charge in [-0.3, -0.25) is 0 Å². The van der Waals surface area contributed by atoms with Gasteiger partial charge in [0.2, 0.25) is 10.0 Å². The minimum atomic E-state index is -3.38. The van der Waals surface area contributed by atoms with Crippen molar-refractivity contribution < 1.29 is 17.9 Å². The number of nitrogens with zero attached hydrogens (tertiary/aromatic N) is 1.